The number of hydrogen-bond acceptors (Lipinski definition) is 3. The van der Waals surface area contributed by atoms with Crippen molar-refractivity contribution < 1.29 is 9.59 Å². The molecule has 0 aliphatic carbocycles. The van der Waals surface area contributed by atoms with Crippen molar-refractivity contribution in [2.24, 2.45) is 5.92 Å². The van der Waals surface area contributed by atoms with Gasteiger partial charge in [-0.15, -0.1) is 0 Å². The molecule has 0 saturated carbocycles. The van der Waals surface area contributed by atoms with E-state index in [4.69, 9.17) is 0 Å². The number of carbonyl (C=O) groups is 2. The fourth-order valence-corrected chi connectivity index (χ4v) is 3.23. The number of aromatic nitrogens is 1. The van der Waals surface area contributed by atoms with Crippen LogP contribution in [0, 0.1) is 12.8 Å². The van der Waals surface area contributed by atoms with Crippen molar-refractivity contribution in [3.05, 3.63) is 65.0 Å². The molecule has 1 aromatic heterocycles. The first-order valence-corrected chi connectivity index (χ1v) is 9.11. The molecular weight excluding hydrogens is 326 g/mol. The second kappa shape index (κ2) is 8.13. The van der Waals surface area contributed by atoms with Gasteiger partial charge in [-0.2, -0.15) is 0 Å². The number of amides is 2. The summed E-state index contributed by atoms with van der Waals surface area (Å²) in [5, 5.41) is 2.88. The SMILES string of the molecule is Cc1ccc(CNC(=O)c2cncc(C(=O)N3CCCC(C)C3)c2)cc1. The van der Waals surface area contributed by atoms with E-state index in [1.54, 1.807) is 12.3 Å². The van der Waals surface area contributed by atoms with Crippen molar-refractivity contribution in [2.45, 2.75) is 33.2 Å². The molecule has 5 nitrogen and oxygen atoms in total. The molecule has 136 valence electrons. The maximum atomic E-state index is 12.7. The van der Waals surface area contributed by atoms with E-state index in [0.717, 1.165) is 31.5 Å². The summed E-state index contributed by atoms with van der Waals surface area (Å²) in [6, 6.07) is 9.65. The van der Waals surface area contributed by atoms with Crippen LogP contribution in [0.15, 0.2) is 42.7 Å². The summed E-state index contributed by atoms with van der Waals surface area (Å²) in [5.41, 5.74) is 3.10. The third kappa shape index (κ3) is 4.48. The summed E-state index contributed by atoms with van der Waals surface area (Å²) < 4.78 is 0. The minimum Gasteiger partial charge on any atom is -0.348 e. The average molecular weight is 351 g/mol. The fourth-order valence-electron chi connectivity index (χ4n) is 3.23. The highest BCUT2D eigenvalue weighted by Gasteiger charge is 2.22. The quantitative estimate of drug-likeness (QED) is 0.920. The van der Waals surface area contributed by atoms with Gasteiger partial charge in [-0.3, -0.25) is 14.6 Å². The van der Waals surface area contributed by atoms with Crippen molar-refractivity contribution >= 4 is 11.8 Å². The van der Waals surface area contributed by atoms with Crippen LogP contribution >= 0.6 is 0 Å². The molecule has 1 N–H and O–H groups in total. The van der Waals surface area contributed by atoms with E-state index in [-0.39, 0.29) is 11.8 Å². The van der Waals surface area contributed by atoms with E-state index < -0.39 is 0 Å². The standard InChI is InChI=1S/C21H25N3O2/c1-15-5-7-17(8-6-15)11-23-20(25)18-10-19(13-22-12-18)21(26)24-9-3-4-16(2)14-24/h5-8,10,12-13,16H,3-4,9,11,14H2,1-2H3,(H,23,25). The zero-order valence-electron chi connectivity index (χ0n) is 15.4. The smallest absolute Gasteiger partial charge is 0.255 e. The first kappa shape index (κ1) is 18.1. The van der Waals surface area contributed by atoms with Gasteiger partial charge in [0, 0.05) is 32.0 Å². The molecule has 1 atom stereocenters. The maximum Gasteiger partial charge on any atom is 0.255 e. The van der Waals surface area contributed by atoms with E-state index >= 15 is 0 Å². The van der Waals surface area contributed by atoms with Gasteiger partial charge in [-0.05, 0) is 37.3 Å². The van der Waals surface area contributed by atoms with Crippen LogP contribution in [0.5, 0.6) is 0 Å². The average Bonchev–Trinajstić information content (AvgIpc) is 2.67. The van der Waals surface area contributed by atoms with Gasteiger partial charge in [0.1, 0.15) is 0 Å². The Bertz CT molecular complexity index is 786. The van der Waals surface area contributed by atoms with E-state index in [1.165, 1.54) is 11.8 Å². The molecule has 0 bridgehead atoms. The van der Waals surface area contributed by atoms with Crippen LogP contribution in [-0.4, -0.2) is 34.8 Å². The van der Waals surface area contributed by atoms with Crippen LogP contribution in [-0.2, 0) is 6.54 Å². The zero-order valence-corrected chi connectivity index (χ0v) is 15.4. The zero-order chi connectivity index (χ0) is 18.5. The Hall–Kier alpha value is -2.69. The third-order valence-corrected chi connectivity index (χ3v) is 4.77. The number of aryl methyl sites for hydroxylation is 1. The van der Waals surface area contributed by atoms with Gasteiger partial charge in [0.25, 0.3) is 11.8 Å². The lowest BCUT2D eigenvalue weighted by atomic mass is 9.99. The summed E-state index contributed by atoms with van der Waals surface area (Å²) in [5.74, 6) is 0.249. The number of likely N-dealkylation sites (tertiary alicyclic amines) is 1. The van der Waals surface area contributed by atoms with E-state index in [9.17, 15) is 9.59 Å². The molecule has 5 heteroatoms. The Balaban J connectivity index is 1.65. The van der Waals surface area contributed by atoms with Gasteiger partial charge in [-0.1, -0.05) is 36.8 Å². The first-order valence-electron chi connectivity index (χ1n) is 9.11. The maximum absolute atomic E-state index is 12.7. The molecule has 2 aromatic rings. The Morgan fingerprint density at radius 3 is 2.65 bits per heavy atom. The molecule has 1 aliphatic heterocycles. The summed E-state index contributed by atoms with van der Waals surface area (Å²) in [6.45, 7) is 6.17. The molecule has 1 aliphatic rings. The number of nitrogens with one attached hydrogen (secondary N) is 1. The molecule has 1 saturated heterocycles. The third-order valence-electron chi connectivity index (χ3n) is 4.77. The minimum absolute atomic E-state index is 0.0442. The predicted molar refractivity (Wildman–Crippen MR) is 101 cm³/mol. The normalized spacial score (nSPS) is 17.0. The topological polar surface area (TPSA) is 62.3 Å². The highest BCUT2D eigenvalue weighted by atomic mass is 16.2. The number of carbonyl (C=O) groups excluding carboxylic acids is 2. The Kier molecular flexibility index (Phi) is 5.66. The number of hydrogen-bond donors (Lipinski definition) is 1. The second-order valence-electron chi connectivity index (χ2n) is 7.13. The number of piperidine rings is 1. The van der Waals surface area contributed by atoms with Gasteiger partial charge in [0.05, 0.1) is 11.1 Å². The van der Waals surface area contributed by atoms with E-state index in [1.807, 2.05) is 36.1 Å². The van der Waals surface area contributed by atoms with Crippen molar-refractivity contribution in [1.82, 2.24) is 15.2 Å². The van der Waals surface area contributed by atoms with Gasteiger partial charge in [-0.25, -0.2) is 0 Å². The Labute approximate surface area is 154 Å². The van der Waals surface area contributed by atoms with Crippen LogP contribution in [0.4, 0.5) is 0 Å². The molecule has 0 radical (unpaired) electrons. The Morgan fingerprint density at radius 2 is 1.92 bits per heavy atom. The lowest BCUT2D eigenvalue weighted by Crippen LogP contribution is -2.39. The van der Waals surface area contributed by atoms with Crippen molar-refractivity contribution in [2.75, 3.05) is 13.1 Å². The number of nitrogens with zero attached hydrogens (tertiary/aromatic N) is 2. The molecule has 2 heterocycles. The molecule has 1 unspecified atom stereocenters. The molecule has 1 aromatic carbocycles. The van der Waals surface area contributed by atoms with Crippen LogP contribution in [0.25, 0.3) is 0 Å². The largest absolute Gasteiger partial charge is 0.348 e. The van der Waals surface area contributed by atoms with Crippen LogP contribution < -0.4 is 5.32 Å². The van der Waals surface area contributed by atoms with Gasteiger partial charge in [0.15, 0.2) is 0 Å². The predicted octanol–water partition coefficient (Wildman–Crippen LogP) is 3.19. The second-order valence-corrected chi connectivity index (χ2v) is 7.13. The van der Waals surface area contributed by atoms with Crippen molar-refractivity contribution in [3.63, 3.8) is 0 Å². The fraction of sp³-hybridized carbons (Fsp3) is 0.381. The lowest BCUT2D eigenvalue weighted by molar-refractivity contribution is 0.0682. The number of benzene rings is 1. The van der Waals surface area contributed by atoms with Gasteiger partial charge < -0.3 is 10.2 Å². The molecule has 0 spiro atoms. The number of pyridine rings is 1. The number of rotatable bonds is 4. The highest BCUT2D eigenvalue weighted by molar-refractivity contribution is 5.99. The summed E-state index contributed by atoms with van der Waals surface area (Å²) in [4.78, 5) is 31.1. The Morgan fingerprint density at radius 1 is 1.19 bits per heavy atom. The van der Waals surface area contributed by atoms with Gasteiger partial charge in [0.2, 0.25) is 0 Å². The molecular formula is C21H25N3O2. The molecule has 26 heavy (non-hydrogen) atoms. The van der Waals surface area contributed by atoms with Crippen LogP contribution in [0.2, 0.25) is 0 Å². The van der Waals surface area contributed by atoms with Crippen molar-refractivity contribution in [3.8, 4) is 0 Å². The first-order chi connectivity index (χ1) is 12.5. The monoisotopic (exact) mass is 351 g/mol. The highest BCUT2D eigenvalue weighted by Crippen LogP contribution is 2.18. The molecule has 1 fully saturated rings. The van der Waals surface area contributed by atoms with Crippen LogP contribution in [0.1, 0.15) is 51.6 Å². The summed E-state index contributed by atoms with van der Waals surface area (Å²) >= 11 is 0. The lowest BCUT2D eigenvalue weighted by Gasteiger charge is -2.30. The summed E-state index contributed by atoms with van der Waals surface area (Å²) in [6.07, 6.45) is 5.22. The molecule has 2 amide bonds. The van der Waals surface area contributed by atoms with E-state index in [0.29, 0.717) is 23.6 Å². The minimum atomic E-state index is -0.222. The van der Waals surface area contributed by atoms with Crippen molar-refractivity contribution in [1.29, 1.82) is 0 Å². The van der Waals surface area contributed by atoms with Crippen LogP contribution in [0.3, 0.4) is 0 Å². The van der Waals surface area contributed by atoms with Gasteiger partial charge >= 0.3 is 0 Å². The molecule has 3 rings (SSSR count). The summed E-state index contributed by atoms with van der Waals surface area (Å²) in [7, 11) is 0. The van der Waals surface area contributed by atoms with E-state index in [2.05, 4.69) is 17.2 Å².